The van der Waals surface area contributed by atoms with Gasteiger partial charge in [0.2, 0.25) is 0 Å². The van der Waals surface area contributed by atoms with Gasteiger partial charge in [0.1, 0.15) is 0 Å². The van der Waals surface area contributed by atoms with Crippen molar-refractivity contribution in [1.29, 1.82) is 0 Å². The number of halogens is 1. The molecule has 0 radical (unpaired) electrons. The molecule has 0 saturated carbocycles. The molecular weight excluding hydrogens is 390 g/mol. The van der Waals surface area contributed by atoms with E-state index in [4.69, 9.17) is 0 Å². The minimum atomic E-state index is 0.827. The van der Waals surface area contributed by atoms with Crippen molar-refractivity contribution < 1.29 is 0 Å². The van der Waals surface area contributed by atoms with Crippen LogP contribution in [0.25, 0.3) is 5.57 Å². The largest absolute Gasteiger partial charge is 0.296 e. The molecule has 5 rings (SSSR count). The van der Waals surface area contributed by atoms with Gasteiger partial charge in [-0.15, -0.1) is 0 Å². The number of rotatable bonds is 0. The predicted molar refractivity (Wildman–Crippen MR) is 109 cm³/mol. The Kier molecular flexibility index (Phi) is 4.27. The molecule has 3 aliphatic heterocycles. The standard InChI is InChI=1S/C22H22BrNS/c23-16-9-11-21-19(13-16)22(18-6-1-2-7-20(18)25-21)15-8-10-17-5-3-4-12-24(17)14-15/h1-2,6-7,9,11,13,17H,3-5,8,10,12,14H2/b22-15+. The van der Waals surface area contributed by atoms with Crippen molar-refractivity contribution in [3.63, 3.8) is 0 Å². The Labute approximate surface area is 162 Å². The molecule has 0 bridgehead atoms. The summed E-state index contributed by atoms with van der Waals surface area (Å²) in [5.41, 5.74) is 6.01. The molecule has 0 amide bonds. The number of hydrogen-bond donors (Lipinski definition) is 0. The highest BCUT2D eigenvalue weighted by Gasteiger charge is 2.31. The maximum absolute atomic E-state index is 3.70. The van der Waals surface area contributed by atoms with Gasteiger partial charge in [-0.05, 0) is 78.8 Å². The lowest BCUT2D eigenvalue weighted by molar-refractivity contribution is 0.133. The van der Waals surface area contributed by atoms with E-state index in [0.29, 0.717) is 0 Å². The lowest BCUT2D eigenvalue weighted by Crippen LogP contribution is -2.43. The Morgan fingerprint density at radius 3 is 2.80 bits per heavy atom. The van der Waals surface area contributed by atoms with Gasteiger partial charge in [0.25, 0.3) is 0 Å². The zero-order valence-corrected chi connectivity index (χ0v) is 16.7. The zero-order valence-electron chi connectivity index (χ0n) is 14.3. The van der Waals surface area contributed by atoms with Gasteiger partial charge in [-0.1, -0.05) is 52.3 Å². The van der Waals surface area contributed by atoms with E-state index in [2.05, 4.69) is 63.3 Å². The van der Waals surface area contributed by atoms with Gasteiger partial charge < -0.3 is 0 Å². The first-order chi connectivity index (χ1) is 12.3. The van der Waals surface area contributed by atoms with Crippen LogP contribution >= 0.6 is 27.7 Å². The average Bonchev–Trinajstić information content (AvgIpc) is 2.66. The van der Waals surface area contributed by atoms with Crippen molar-refractivity contribution in [3.8, 4) is 0 Å². The third-order valence-electron chi connectivity index (χ3n) is 5.86. The summed E-state index contributed by atoms with van der Waals surface area (Å²) in [7, 11) is 0. The number of nitrogens with zero attached hydrogens (tertiary/aromatic N) is 1. The molecule has 3 heteroatoms. The van der Waals surface area contributed by atoms with Crippen LogP contribution in [0.1, 0.15) is 43.2 Å². The highest BCUT2D eigenvalue weighted by Crippen LogP contribution is 2.48. The van der Waals surface area contributed by atoms with Crippen molar-refractivity contribution in [3.05, 3.63) is 63.6 Å². The molecular formula is C22H22BrNS. The fourth-order valence-electron chi connectivity index (χ4n) is 4.66. The maximum atomic E-state index is 3.70. The van der Waals surface area contributed by atoms with Crippen LogP contribution in [0.3, 0.4) is 0 Å². The summed E-state index contributed by atoms with van der Waals surface area (Å²) in [5, 5.41) is 0. The van der Waals surface area contributed by atoms with Crippen molar-refractivity contribution in [2.75, 3.05) is 13.1 Å². The Morgan fingerprint density at radius 1 is 0.960 bits per heavy atom. The number of fused-ring (bicyclic) bond motifs is 3. The second-order valence-corrected chi connectivity index (χ2v) is 9.38. The van der Waals surface area contributed by atoms with Crippen LogP contribution in [-0.4, -0.2) is 24.0 Å². The van der Waals surface area contributed by atoms with Gasteiger partial charge in [-0.25, -0.2) is 0 Å². The Hall–Kier alpha value is -1.03. The van der Waals surface area contributed by atoms with Crippen LogP contribution in [0.5, 0.6) is 0 Å². The molecule has 2 aromatic rings. The van der Waals surface area contributed by atoms with E-state index in [1.54, 1.807) is 5.57 Å². The fourth-order valence-corrected chi connectivity index (χ4v) is 6.09. The van der Waals surface area contributed by atoms with Crippen molar-refractivity contribution in [1.82, 2.24) is 4.90 Å². The van der Waals surface area contributed by atoms with Crippen molar-refractivity contribution >= 4 is 33.3 Å². The summed E-state index contributed by atoms with van der Waals surface area (Å²) in [6, 6.07) is 16.5. The molecule has 3 aliphatic rings. The van der Waals surface area contributed by atoms with Crippen LogP contribution in [-0.2, 0) is 0 Å². The van der Waals surface area contributed by atoms with Crippen molar-refractivity contribution in [2.45, 2.75) is 47.9 Å². The quantitative estimate of drug-likeness (QED) is 0.422. The van der Waals surface area contributed by atoms with Gasteiger partial charge in [-0.3, -0.25) is 4.90 Å². The summed E-state index contributed by atoms with van der Waals surface area (Å²) in [6.07, 6.45) is 6.77. The number of benzene rings is 2. The molecule has 1 unspecified atom stereocenters. The lowest BCUT2D eigenvalue weighted by Gasteiger charge is -2.41. The van der Waals surface area contributed by atoms with Crippen LogP contribution in [0.15, 0.2) is 62.3 Å². The molecule has 0 aliphatic carbocycles. The number of piperidine rings is 2. The summed E-state index contributed by atoms with van der Waals surface area (Å²) in [5.74, 6) is 0. The van der Waals surface area contributed by atoms with E-state index in [0.717, 1.165) is 12.6 Å². The van der Waals surface area contributed by atoms with Crippen LogP contribution in [0.4, 0.5) is 0 Å². The Balaban J connectivity index is 1.66. The smallest absolute Gasteiger partial charge is 0.0205 e. The number of hydrogen-bond acceptors (Lipinski definition) is 2. The van der Waals surface area contributed by atoms with E-state index in [1.807, 2.05) is 11.8 Å². The summed E-state index contributed by atoms with van der Waals surface area (Å²) >= 11 is 5.61. The molecule has 0 spiro atoms. The highest BCUT2D eigenvalue weighted by molar-refractivity contribution is 9.10. The molecule has 2 fully saturated rings. The topological polar surface area (TPSA) is 3.24 Å². The molecule has 1 nitrogen and oxygen atoms in total. The molecule has 128 valence electrons. The summed E-state index contributed by atoms with van der Waals surface area (Å²) < 4.78 is 1.18. The van der Waals surface area contributed by atoms with E-state index < -0.39 is 0 Å². The maximum Gasteiger partial charge on any atom is 0.0205 e. The normalized spacial score (nSPS) is 25.9. The first-order valence-corrected chi connectivity index (χ1v) is 10.9. The second kappa shape index (κ2) is 6.61. The zero-order chi connectivity index (χ0) is 16.8. The first-order valence-electron chi connectivity index (χ1n) is 9.33. The van der Waals surface area contributed by atoms with Crippen molar-refractivity contribution in [2.24, 2.45) is 0 Å². The molecule has 0 aromatic heterocycles. The third-order valence-corrected chi connectivity index (χ3v) is 7.51. The lowest BCUT2D eigenvalue weighted by atomic mass is 9.84. The second-order valence-electron chi connectivity index (χ2n) is 7.38. The van der Waals surface area contributed by atoms with Gasteiger partial charge in [0.05, 0.1) is 0 Å². The monoisotopic (exact) mass is 411 g/mol. The highest BCUT2D eigenvalue weighted by atomic mass is 79.9. The molecule has 1 atom stereocenters. The van der Waals surface area contributed by atoms with Crippen LogP contribution in [0, 0.1) is 0 Å². The molecule has 2 saturated heterocycles. The van der Waals surface area contributed by atoms with E-state index in [-0.39, 0.29) is 0 Å². The Morgan fingerprint density at radius 2 is 1.84 bits per heavy atom. The summed E-state index contributed by atoms with van der Waals surface area (Å²) in [6.45, 7) is 2.44. The fraction of sp³-hybridized carbons (Fsp3) is 0.364. The van der Waals surface area contributed by atoms with Crippen LogP contribution in [0.2, 0.25) is 0 Å². The predicted octanol–water partition coefficient (Wildman–Crippen LogP) is 6.36. The SMILES string of the molecule is Brc1ccc2c(c1)/C(=C1\CCC3CCCCN3C1)c1ccccc1S2. The van der Waals surface area contributed by atoms with E-state index in [9.17, 15) is 0 Å². The average molecular weight is 412 g/mol. The van der Waals surface area contributed by atoms with Gasteiger partial charge >= 0.3 is 0 Å². The molecule has 3 heterocycles. The first kappa shape index (κ1) is 16.2. The molecule has 25 heavy (non-hydrogen) atoms. The molecule has 2 aromatic carbocycles. The minimum absolute atomic E-state index is 0.827. The Bertz CT molecular complexity index is 857. The van der Waals surface area contributed by atoms with Gasteiger partial charge in [-0.2, -0.15) is 0 Å². The summed E-state index contributed by atoms with van der Waals surface area (Å²) in [4.78, 5) is 5.54. The van der Waals surface area contributed by atoms with Crippen LogP contribution < -0.4 is 0 Å². The van der Waals surface area contributed by atoms with Gasteiger partial charge in [0.15, 0.2) is 0 Å². The van der Waals surface area contributed by atoms with E-state index in [1.165, 1.54) is 69.6 Å². The van der Waals surface area contributed by atoms with E-state index >= 15 is 0 Å². The minimum Gasteiger partial charge on any atom is -0.296 e. The third kappa shape index (κ3) is 2.90. The molecule has 0 N–H and O–H groups in total. The van der Waals surface area contributed by atoms with Gasteiger partial charge in [0, 0.05) is 26.9 Å².